The molecule has 0 bridgehead atoms. The highest BCUT2D eigenvalue weighted by molar-refractivity contribution is 5.93. The minimum atomic E-state index is -1.52. The molecule has 2 heterocycles. The summed E-state index contributed by atoms with van der Waals surface area (Å²) in [5.41, 5.74) is -0.444. The molecule has 1 aliphatic heterocycles. The van der Waals surface area contributed by atoms with Crippen molar-refractivity contribution in [3.8, 4) is 0 Å². The number of carbonyl (C=O) groups excluding carboxylic acids is 1. The summed E-state index contributed by atoms with van der Waals surface area (Å²) in [4.78, 5) is 16.1. The third kappa shape index (κ3) is 3.29. The van der Waals surface area contributed by atoms with Gasteiger partial charge in [-0.1, -0.05) is 6.07 Å². The van der Waals surface area contributed by atoms with Gasteiger partial charge >= 0.3 is 0 Å². The van der Waals surface area contributed by atoms with Crippen LogP contribution in [0.2, 0.25) is 0 Å². The maximum atomic E-state index is 13.6. The number of nitrogens with one attached hydrogen (secondary N) is 1. The highest BCUT2D eigenvalue weighted by Gasteiger charge is 2.28. The van der Waals surface area contributed by atoms with E-state index in [1.54, 1.807) is 0 Å². The Morgan fingerprint density at radius 2 is 2.17 bits per heavy atom. The lowest BCUT2D eigenvalue weighted by atomic mass is 10.1. The number of rotatable bonds is 5. The minimum Gasteiger partial charge on any atom is -0.445 e. The van der Waals surface area contributed by atoms with Gasteiger partial charge in [0.1, 0.15) is 23.8 Å². The summed E-state index contributed by atoms with van der Waals surface area (Å²) in [6, 6.07) is 3.27. The number of aromatic nitrogens is 1. The zero-order chi connectivity index (χ0) is 17.1. The number of amides is 1. The molecule has 1 aromatic heterocycles. The Balaban J connectivity index is 1.67. The fraction of sp³-hybridized carbons (Fsp3) is 0.375. The quantitative estimate of drug-likeness (QED) is 0.874. The third-order valence-electron chi connectivity index (χ3n) is 3.82. The molecule has 1 amide bonds. The highest BCUT2D eigenvalue weighted by atomic mass is 19.1. The molecule has 1 aromatic carbocycles. The van der Waals surface area contributed by atoms with Gasteiger partial charge in [0.2, 0.25) is 0 Å². The predicted octanol–water partition coefficient (Wildman–Crippen LogP) is 2.27. The second-order valence-electron chi connectivity index (χ2n) is 5.43. The Bertz CT molecular complexity index is 708. The van der Waals surface area contributed by atoms with Crippen molar-refractivity contribution in [1.82, 2.24) is 10.3 Å². The first-order valence-electron chi connectivity index (χ1n) is 7.53. The number of halogens is 2. The van der Waals surface area contributed by atoms with Gasteiger partial charge in [0.05, 0.1) is 5.56 Å². The van der Waals surface area contributed by atoms with Crippen LogP contribution in [0.4, 0.5) is 8.78 Å². The first kappa shape index (κ1) is 16.5. The normalized spacial score (nSPS) is 18.5. The third-order valence-corrected chi connectivity index (χ3v) is 3.82. The lowest BCUT2D eigenvalue weighted by molar-refractivity contribution is 0.0840. The van der Waals surface area contributed by atoms with Crippen LogP contribution in [0.5, 0.6) is 0 Å². The van der Waals surface area contributed by atoms with Gasteiger partial charge in [-0.3, -0.25) is 4.79 Å². The smallest absolute Gasteiger partial charge is 0.273 e. The highest BCUT2D eigenvalue weighted by Crippen LogP contribution is 2.30. The van der Waals surface area contributed by atoms with Crippen LogP contribution >= 0.6 is 0 Å². The number of hydrogen-bond donors (Lipinski definition) is 2. The van der Waals surface area contributed by atoms with Gasteiger partial charge in [0, 0.05) is 13.2 Å². The van der Waals surface area contributed by atoms with Crippen molar-refractivity contribution in [2.24, 2.45) is 0 Å². The van der Waals surface area contributed by atoms with Crippen molar-refractivity contribution >= 4 is 5.91 Å². The Morgan fingerprint density at radius 1 is 1.42 bits per heavy atom. The predicted molar refractivity (Wildman–Crippen MR) is 78.1 cm³/mol. The molecule has 3 rings (SSSR count). The lowest BCUT2D eigenvalue weighted by Crippen LogP contribution is -2.30. The average Bonchev–Trinajstić information content (AvgIpc) is 3.22. The number of benzene rings is 1. The molecule has 0 spiro atoms. The largest absolute Gasteiger partial charge is 0.445 e. The molecular formula is C16H16F2N2O4. The fourth-order valence-corrected chi connectivity index (χ4v) is 2.64. The summed E-state index contributed by atoms with van der Waals surface area (Å²) >= 11 is 0. The summed E-state index contributed by atoms with van der Waals surface area (Å²) in [6.07, 6.45) is 0.866. The molecule has 2 unspecified atom stereocenters. The molecule has 0 saturated carbocycles. The monoisotopic (exact) mass is 338 g/mol. The number of aliphatic hydroxyl groups excluding tert-OH is 1. The summed E-state index contributed by atoms with van der Waals surface area (Å²) in [5, 5.41) is 12.3. The molecule has 1 aliphatic rings. The lowest BCUT2D eigenvalue weighted by Gasteiger charge is -2.14. The number of ether oxygens (including phenoxy) is 1. The number of oxazole rings is 1. The van der Waals surface area contributed by atoms with E-state index in [2.05, 4.69) is 10.3 Å². The molecule has 1 fully saturated rings. The summed E-state index contributed by atoms with van der Waals surface area (Å²) < 4.78 is 37.9. The minimum absolute atomic E-state index is 0.0445. The zero-order valence-corrected chi connectivity index (χ0v) is 12.7. The molecule has 128 valence electrons. The number of aliphatic hydroxyl groups is 1. The number of nitrogens with zero attached hydrogens (tertiary/aromatic N) is 1. The molecule has 8 heteroatoms. The van der Waals surface area contributed by atoms with Gasteiger partial charge in [-0.15, -0.1) is 0 Å². The topological polar surface area (TPSA) is 84.6 Å². The van der Waals surface area contributed by atoms with E-state index >= 15 is 0 Å². The summed E-state index contributed by atoms with van der Waals surface area (Å²) in [6.45, 7) is 0.214. The summed E-state index contributed by atoms with van der Waals surface area (Å²) in [7, 11) is 0. The van der Waals surface area contributed by atoms with E-state index < -0.39 is 29.2 Å². The van der Waals surface area contributed by atoms with Crippen LogP contribution in [-0.4, -0.2) is 29.1 Å². The van der Waals surface area contributed by atoms with Crippen molar-refractivity contribution in [2.75, 3.05) is 13.2 Å². The van der Waals surface area contributed by atoms with E-state index in [0.29, 0.717) is 12.4 Å². The first-order valence-corrected chi connectivity index (χ1v) is 7.53. The molecule has 2 N–H and O–H groups in total. The molecule has 1 saturated heterocycles. The Labute approximate surface area is 136 Å². The van der Waals surface area contributed by atoms with Crippen molar-refractivity contribution in [3.05, 3.63) is 53.2 Å². The van der Waals surface area contributed by atoms with Gasteiger partial charge in [-0.25, -0.2) is 13.8 Å². The summed E-state index contributed by atoms with van der Waals surface area (Å²) in [5.74, 6) is -2.04. The van der Waals surface area contributed by atoms with Crippen LogP contribution in [0.1, 0.15) is 46.9 Å². The molecule has 0 aliphatic carbocycles. The molecule has 2 atom stereocenters. The van der Waals surface area contributed by atoms with Crippen molar-refractivity contribution in [2.45, 2.75) is 25.0 Å². The molecule has 2 aromatic rings. The molecular weight excluding hydrogens is 322 g/mol. The second-order valence-corrected chi connectivity index (χ2v) is 5.43. The van der Waals surface area contributed by atoms with E-state index in [1.165, 1.54) is 6.07 Å². The van der Waals surface area contributed by atoms with E-state index in [1.807, 2.05) is 0 Å². The van der Waals surface area contributed by atoms with Gasteiger partial charge in [0.25, 0.3) is 5.91 Å². The Morgan fingerprint density at radius 3 is 2.83 bits per heavy atom. The fourth-order valence-electron chi connectivity index (χ4n) is 2.64. The number of hydrogen-bond acceptors (Lipinski definition) is 5. The van der Waals surface area contributed by atoms with E-state index in [4.69, 9.17) is 9.15 Å². The maximum Gasteiger partial charge on any atom is 0.273 e. The van der Waals surface area contributed by atoms with Crippen LogP contribution < -0.4 is 5.32 Å². The standard InChI is InChI=1S/C16H16F2N2O4/c17-9-3-1-4-10(18)13(9)11(21)7-19-16(22)14-15(24-8-20-14)12-5-2-6-23-12/h1,3-4,8,11-12,21H,2,5-7H2,(H,19,22). The van der Waals surface area contributed by atoms with E-state index in [-0.39, 0.29) is 18.3 Å². The average molecular weight is 338 g/mol. The SMILES string of the molecule is O=C(NCC(O)c1c(F)cccc1F)c1ncoc1C1CCCO1. The van der Waals surface area contributed by atoms with Gasteiger partial charge in [0.15, 0.2) is 17.8 Å². The maximum absolute atomic E-state index is 13.6. The molecule has 6 nitrogen and oxygen atoms in total. The van der Waals surface area contributed by atoms with Crippen molar-refractivity contribution in [1.29, 1.82) is 0 Å². The van der Waals surface area contributed by atoms with Crippen LogP contribution in [0.15, 0.2) is 29.0 Å². The Hall–Kier alpha value is -2.32. The van der Waals surface area contributed by atoms with Gasteiger partial charge in [-0.05, 0) is 25.0 Å². The Kier molecular flexibility index (Phi) is 4.86. The van der Waals surface area contributed by atoms with Crippen LogP contribution in [0.25, 0.3) is 0 Å². The first-order chi connectivity index (χ1) is 11.6. The van der Waals surface area contributed by atoms with Gasteiger partial charge in [-0.2, -0.15) is 0 Å². The number of carbonyl (C=O) groups is 1. The van der Waals surface area contributed by atoms with E-state index in [0.717, 1.165) is 31.4 Å². The molecule has 0 radical (unpaired) electrons. The van der Waals surface area contributed by atoms with Crippen LogP contribution in [-0.2, 0) is 4.74 Å². The van der Waals surface area contributed by atoms with Crippen molar-refractivity contribution in [3.63, 3.8) is 0 Å². The van der Waals surface area contributed by atoms with Gasteiger partial charge < -0.3 is 19.6 Å². The molecule has 24 heavy (non-hydrogen) atoms. The van der Waals surface area contributed by atoms with E-state index in [9.17, 15) is 18.7 Å². The van der Waals surface area contributed by atoms with Crippen LogP contribution in [0.3, 0.4) is 0 Å². The van der Waals surface area contributed by atoms with Crippen molar-refractivity contribution < 1.29 is 27.8 Å². The zero-order valence-electron chi connectivity index (χ0n) is 12.7. The second kappa shape index (κ2) is 7.06. The van der Waals surface area contributed by atoms with Crippen LogP contribution in [0, 0.1) is 11.6 Å².